The van der Waals surface area contributed by atoms with Gasteiger partial charge in [-0.2, -0.15) is 0 Å². The van der Waals surface area contributed by atoms with Crippen molar-refractivity contribution in [3.05, 3.63) is 110 Å². The topological polar surface area (TPSA) is 89.8 Å². The van der Waals surface area contributed by atoms with Gasteiger partial charge in [0.15, 0.2) is 0 Å². The molecular formula is C25H18N2O5S2. The highest BCUT2D eigenvalue weighted by molar-refractivity contribution is 8.26. The Morgan fingerprint density at radius 3 is 2.32 bits per heavy atom. The second-order valence-electron chi connectivity index (χ2n) is 7.52. The zero-order valence-electron chi connectivity index (χ0n) is 18.0. The zero-order valence-corrected chi connectivity index (χ0v) is 19.6. The van der Waals surface area contributed by atoms with Gasteiger partial charge in [-0.25, -0.2) is 4.79 Å². The van der Waals surface area contributed by atoms with E-state index in [4.69, 9.17) is 17.0 Å². The van der Waals surface area contributed by atoms with Gasteiger partial charge < -0.3 is 4.74 Å². The number of esters is 1. The molecule has 9 heteroatoms. The lowest BCUT2D eigenvalue weighted by molar-refractivity contribution is -0.384. The van der Waals surface area contributed by atoms with Gasteiger partial charge in [-0.3, -0.25) is 19.8 Å². The van der Waals surface area contributed by atoms with Crippen LogP contribution in [0, 0.1) is 17.0 Å². The Morgan fingerprint density at radius 1 is 1.06 bits per heavy atom. The van der Waals surface area contributed by atoms with E-state index in [1.807, 2.05) is 31.2 Å². The monoisotopic (exact) mass is 490 g/mol. The van der Waals surface area contributed by atoms with E-state index in [1.165, 1.54) is 36.0 Å². The maximum absolute atomic E-state index is 12.9. The number of ether oxygens (including phenoxy) is 1. The number of carbonyl (C=O) groups is 2. The van der Waals surface area contributed by atoms with Crippen LogP contribution in [0.1, 0.15) is 27.0 Å². The van der Waals surface area contributed by atoms with Crippen molar-refractivity contribution >= 4 is 51.9 Å². The van der Waals surface area contributed by atoms with E-state index in [9.17, 15) is 19.7 Å². The fraction of sp³-hybridized carbons (Fsp3) is 0.0800. The molecule has 1 fully saturated rings. The first-order chi connectivity index (χ1) is 16.3. The summed E-state index contributed by atoms with van der Waals surface area (Å²) in [6.07, 6.45) is 1.75. The molecule has 1 aliphatic heterocycles. The summed E-state index contributed by atoms with van der Waals surface area (Å²) in [6, 6.07) is 19.8. The largest absolute Gasteiger partial charge is 0.423 e. The quantitative estimate of drug-likeness (QED) is 0.112. The van der Waals surface area contributed by atoms with Crippen molar-refractivity contribution in [1.29, 1.82) is 0 Å². The Balaban J connectivity index is 1.41. The molecule has 0 saturated carbocycles. The van der Waals surface area contributed by atoms with Crippen LogP contribution < -0.4 is 4.74 Å². The number of thioether (sulfide) groups is 1. The van der Waals surface area contributed by atoms with Gasteiger partial charge >= 0.3 is 5.97 Å². The highest BCUT2D eigenvalue weighted by Gasteiger charge is 2.31. The predicted molar refractivity (Wildman–Crippen MR) is 134 cm³/mol. The Bertz CT molecular complexity index is 1300. The van der Waals surface area contributed by atoms with Crippen LogP contribution in [0.2, 0.25) is 0 Å². The van der Waals surface area contributed by atoms with Crippen molar-refractivity contribution in [3.8, 4) is 5.75 Å². The fourth-order valence-electron chi connectivity index (χ4n) is 3.18. The van der Waals surface area contributed by atoms with Crippen molar-refractivity contribution in [2.24, 2.45) is 0 Å². The van der Waals surface area contributed by atoms with E-state index >= 15 is 0 Å². The second kappa shape index (κ2) is 9.98. The average Bonchev–Trinajstić information content (AvgIpc) is 3.09. The molecule has 1 saturated heterocycles. The lowest BCUT2D eigenvalue weighted by atomic mass is 10.1. The maximum Gasteiger partial charge on any atom is 0.343 e. The number of hydrogen-bond donors (Lipinski definition) is 0. The van der Waals surface area contributed by atoms with Gasteiger partial charge in [0, 0.05) is 12.1 Å². The van der Waals surface area contributed by atoms with Gasteiger partial charge in [-0.15, -0.1) is 0 Å². The number of thiocarbonyl (C=S) groups is 1. The number of amides is 1. The number of hydrogen-bond acceptors (Lipinski definition) is 7. The van der Waals surface area contributed by atoms with Gasteiger partial charge in [-0.05, 0) is 48.4 Å². The molecule has 3 aromatic carbocycles. The van der Waals surface area contributed by atoms with Crippen LogP contribution in [0.4, 0.5) is 5.69 Å². The smallest absolute Gasteiger partial charge is 0.343 e. The Labute approximate surface area is 205 Å². The number of carbonyl (C=O) groups excluding carboxylic acids is 2. The van der Waals surface area contributed by atoms with Crippen LogP contribution in [0.25, 0.3) is 6.08 Å². The molecule has 1 heterocycles. The van der Waals surface area contributed by atoms with Crippen LogP contribution in [0.15, 0.2) is 77.7 Å². The van der Waals surface area contributed by atoms with Crippen molar-refractivity contribution in [2.75, 3.05) is 0 Å². The summed E-state index contributed by atoms with van der Waals surface area (Å²) in [4.78, 5) is 37.4. The van der Waals surface area contributed by atoms with Crippen LogP contribution >= 0.6 is 24.0 Å². The molecule has 3 aromatic rings. The Kier molecular flexibility index (Phi) is 6.85. The molecule has 0 bridgehead atoms. The predicted octanol–water partition coefficient (Wildman–Crippen LogP) is 5.52. The van der Waals surface area contributed by atoms with Gasteiger partial charge in [-0.1, -0.05) is 65.9 Å². The summed E-state index contributed by atoms with van der Waals surface area (Å²) in [7, 11) is 0. The van der Waals surface area contributed by atoms with Crippen molar-refractivity contribution in [2.45, 2.75) is 13.5 Å². The SMILES string of the molecule is Cc1ccc(CN2C(=O)C(=Cc3ccc(OC(=O)c4ccc([N+](=O)[O-])cc4)cc3)SC2=S)cc1. The molecular weight excluding hydrogens is 472 g/mol. The molecule has 0 aromatic heterocycles. The maximum atomic E-state index is 12.9. The van der Waals surface area contributed by atoms with Gasteiger partial charge in [0.2, 0.25) is 0 Å². The molecule has 170 valence electrons. The standard InChI is InChI=1S/C25H18N2O5S2/c1-16-2-4-18(5-3-16)15-26-23(28)22(34-25(26)33)14-17-6-12-21(13-7-17)32-24(29)19-8-10-20(11-9-19)27(30)31/h2-14H,15H2,1H3. The third kappa shape index (κ3) is 5.38. The lowest BCUT2D eigenvalue weighted by Crippen LogP contribution is -2.27. The molecule has 1 amide bonds. The summed E-state index contributed by atoms with van der Waals surface area (Å²) in [5.74, 6) is -0.462. The molecule has 4 rings (SSSR count). The summed E-state index contributed by atoms with van der Waals surface area (Å²) in [6.45, 7) is 2.42. The summed E-state index contributed by atoms with van der Waals surface area (Å²) >= 11 is 6.66. The van der Waals surface area contributed by atoms with Crippen molar-refractivity contribution in [1.82, 2.24) is 4.90 Å². The molecule has 0 aliphatic carbocycles. The number of non-ortho nitro benzene ring substituents is 1. The summed E-state index contributed by atoms with van der Waals surface area (Å²) < 4.78 is 5.83. The molecule has 0 N–H and O–H groups in total. The third-order valence-electron chi connectivity index (χ3n) is 5.04. The molecule has 0 radical (unpaired) electrons. The molecule has 0 spiro atoms. The molecule has 1 aliphatic rings. The van der Waals surface area contributed by atoms with Crippen molar-refractivity contribution < 1.29 is 19.2 Å². The average molecular weight is 491 g/mol. The number of nitro groups is 1. The molecule has 34 heavy (non-hydrogen) atoms. The minimum absolute atomic E-state index is 0.106. The van der Waals surface area contributed by atoms with E-state index in [0.717, 1.165) is 16.7 Å². The molecule has 0 unspecified atom stereocenters. The zero-order chi connectivity index (χ0) is 24.2. The van der Waals surface area contributed by atoms with E-state index in [1.54, 1.807) is 35.2 Å². The summed E-state index contributed by atoms with van der Waals surface area (Å²) in [5, 5.41) is 10.7. The van der Waals surface area contributed by atoms with Crippen molar-refractivity contribution in [3.63, 3.8) is 0 Å². The van der Waals surface area contributed by atoms with Gasteiger partial charge in [0.1, 0.15) is 10.1 Å². The van der Waals surface area contributed by atoms with Gasteiger partial charge in [0.25, 0.3) is 11.6 Å². The van der Waals surface area contributed by atoms with Crippen LogP contribution in [-0.2, 0) is 11.3 Å². The third-order valence-corrected chi connectivity index (χ3v) is 6.41. The highest BCUT2D eigenvalue weighted by Crippen LogP contribution is 2.34. The summed E-state index contributed by atoms with van der Waals surface area (Å²) in [5.41, 5.74) is 3.00. The van der Waals surface area contributed by atoms with Gasteiger partial charge in [0.05, 0.1) is 21.9 Å². The Morgan fingerprint density at radius 2 is 1.71 bits per heavy atom. The van der Waals surface area contributed by atoms with E-state index in [-0.39, 0.29) is 17.2 Å². The minimum atomic E-state index is -0.625. The first-order valence-corrected chi connectivity index (χ1v) is 11.4. The first-order valence-electron chi connectivity index (χ1n) is 10.2. The first kappa shape index (κ1) is 23.3. The van der Waals surface area contributed by atoms with Crippen LogP contribution in [-0.4, -0.2) is 26.0 Å². The number of aryl methyl sites for hydroxylation is 1. The fourth-order valence-corrected chi connectivity index (χ4v) is 4.44. The number of rotatable bonds is 6. The Hall–Kier alpha value is -3.82. The van der Waals surface area contributed by atoms with E-state index < -0.39 is 10.9 Å². The normalized spacial score (nSPS) is 14.5. The molecule has 0 atom stereocenters. The van der Waals surface area contributed by atoms with Crippen LogP contribution in [0.3, 0.4) is 0 Å². The number of nitro benzene ring substituents is 1. The molecule has 7 nitrogen and oxygen atoms in total. The van der Waals surface area contributed by atoms with E-state index in [2.05, 4.69) is 0 Å². The lowest BCUT2D eigenvalue weighted by Gasteiger charge is -2.14. The second-order valence-corrected chi connectivity index (χ2v) is 9.19. The minimum Gasteiger partial charge on any atom is -0.423 e. The van der Waals surface area contributed by atoms with Crippen LogP contribution in [0.5, 0.6) is 5.75 Å². The highest BCUT2D eigenvalue weighted by atomic mass is 32.2. The number of nitrogens with zero attached hydrogens (tertiary/aromatic N) is 2. The van der Waals surface area contributed by atoms with E-state index in [0.29, 0.717) is 21.5 Å². The number of benzene rings is 3.